The maximum atomic E-state index is 12.6. The number of aromatic nitrogens is 2. The van der Waals surface area contributed by atoms with Crippen molar-refractivity contribution in [2.45, 2.75) is 50.7 Å². The summed E-state index contributed by atoms with van der Waals surface area (Å²) in [5, 5.41) is 15.7. The zero-order valence-corrected chi connectivity index (χ0v) is 11.5. The van der Waals surface area contributed by atoms with Gasteiger partial charge in [-0.2, -0.15) is 9.40 Å². The second-order valence-corrected chi connectivity index (χ2v) is 6.43. The minimum Gasteiger partial charge on any atom is -0.390 e. The van der Waals surface area contributed by atoms with Gasteiger partial charge in [0.25, 0.3) is 0 Å². The van der Waals surface area contributed by atoms with Gasteiger partial charge in [0.05, 0.1) is 12.3 Å². The molecule has 1 aliphatic heterocycles. The van der Waals surface area contributed by atoms with Crippen LogP contribution in [0.4, 0.5) is 0 Å². The van der Waals surface area contributed by atoms with E-state index in [-0.39, 0.29) is 23.2 Å². The van der Waals surface area contributed by atoms with Crippen LogP contribution in [0.25, 0.3) is 0 Å². The van der Waals surface area contributed by atoms with E-state index in [2.05, 4.69) is 10.2 Å². The fraction of sp³-hybridized carbons (Fsp3) is 0.727. The summed E-state index contributed by atoms with van der Waals surface area (Å²) in [7, 11) is -3.55. The van der Waals surface area contributed by atoms with Crippen molar-refractivity contribution in [1.29, 1.82) is 0 Å². The van der Waals surface area contributed by atoms with Crippen LogP contribution < -0.4 is 0 Å². The van der Waals surface area contributed by atoms with E-state index in [0.29, 0.717) is 12.2 Å². The number of aryl methyl sites for hydroxylation is 1. The second kappa shape index (κ2) is 4.99. The Kier molecular flexibility index (Phi) is 3.74. The Labute approximate surface area is 107 Å². The van der Waals surface area contributed by atoms with Crippen LogP contribution in [0.5, 0.6) is 0 Å². The molecule has 0 aliphatic carbocycles. The van der Waals surface area contributed by atoms with E-state index in [1.54, 1.807) is 11.2 Å². The Hall–Kier alpha value is -0.920. The predicted octanol–water partition coefficient (Wildman–Crippen LogP) is 0.774. The summed E-state index contributed by atoms with van der Waals surface area (Å²) in [6.45, 7) is 3.84. The highest BCUT2D eigenvalue weighted by Gasteiger charge is 2.37. The molecule has 1 fully saturated rings. The second-order valence-electron chi connectivity index (χ2n) is 4.60. The summed E-state index contributed by atoms with van der Waals surface area (Å²) in [4.78, 5) is 0.144. The third-order valence-corrected chi connectivity index (χ3v) is 5.63. The first-order valence-electron chi connectivity index (χ1n) is 6.19. The lowest BCUT2D eigenvalue weighted by Gasteiger charge is -2.23. The summed E-state index contributed by atoms with van der Waals surface area (Å²) in [5.41, 5.74) is 0.690. The van der Waals surface area contributed by atoms with Crippen LogP contribution in [0.1, 0.15) is 37.6 Å². The number of aromatic amines is 1. The fourth-order valence-corrected chi connectivity index (χ4v) is 4.66. The first-order chi connectivity index (χ1) is 8.52. The molecular formula is C11H19N3O3S. The molecule has 0 aromatic carbocycles. The molecule has 0 spiro atoms. The van der Waals surface area contributed by atoms with Gasteiger partial charge in [0.1, 0.15) is 10.6 Å². The molecule has 1 aliphatic rings. The molecule has 102 valence electrons. The Morgan fingerprint density at radius 3 is 2.89 bits per heavy atom. The lowest BCUT2D eigenvalue weighted by Crippen LogP contribution is -2.35. The minimum atomic E-state index is -3.55. The quantitative estimate of drug-likeness (QED) is 0.848. The molecule has 0 bridgehead atoms. The van der Waals surface area contributed by atoms with Gasteiger partial charge in [-0.25, -0.2) is 8.42 Å². The minimum absolute atomic E-state index is 0.0656. The molecule has 1 atom stereocenters. The van der Waals surface area contributed by atoms with Crippen LogP contribution in [0, 0.1) is 6.92 Å². The van der Waals surface area contributed by atoms with Crippen molar-refractivity contribution in [2.75, 3.05) is 6.54 Å². The molecule has 2 N–H and O–H groups in total. The van der Waals surface area contributed by atoms with Crippen molar-refractivity contribution in [3.63, 3.8) is 0 Å². The molecule has 18 heavy (non-hydrogen) atoms. The van der Waals surface area contributed by atoms with Crippen LogP contribution in [-0.4, -0.2) is 40.6 Å². The largest absolute Gasteiger partial charge is 0.390 e. The van der Waals surface area contributed by atoms with Crippen LogP contribution in [-0.2, 0) is 16.6 Å². The van der Waals surface area contributed by atoms with Crippen molar-refractivity contribution >= 4 is 10.0 Å². The number of nitrogens with zero attached hydrogens (tertiary/aromatic N) is 2. The summed E-state index contributed by atoms with van der Waals surface area (Å²) >= 11 is 0. The SMILES string of the molecule is CCC1CCCN1S(=O)(=O)c1c(CO)n[nH]c1C. The van der Waals surface area contributed by atoms with Gasteiger partial charge in [-0.15, -0.1) is 0 Å². The van der Waals surface area contributed by atoms with Crippen LogP contribution in [0.15, 0.2) is 4.90 Å². The molecule has 0 amide bonds. The standard InChI is InChI=1S/C11H19N3O3S/c1-3-9-5-4-6-14(9)18(16,17)11-8(2)12-13-10(11)7-15/h9,15H,3-7H2,1-2H3,(H,12,13). The van der Waals surface area contributed by atoms with Gasteiger partial charge in [0.2, 0.25) is 10.0 Å². The molecule has 1 saturated heterocycles. The van der Waals surface area contributed by atoms with Gasteiger partial charge < -0.3 is 5.11 Å². The summed E-state index contributed by atoms with van der Waals surface area (Å²) < 4.78 is 26.8. The number of sulfonamides is 1. The number of nitrogens with one attached hydrogen (secondary N) is 1. The number of hydrogen-bond acceptors (Lipinski definition) is 4. The molecular weight excluding hydrogens is 254 g/mol. The Morgan fingerprint density at radius 1 is 1.56 bits per heavy atom. The van der Waals surface area contributed by atoms with Crippen molar-refractivity contribution < 1.29 is 13.5 Å². The van der Waals surface area contributed by atoms with Crippen molar-refractivity contribution in [2.24, 2.45) is 0 Å². The highest BCUT2D eigenvalue weighted by Crippen LogP contribution is 2.30. The van der Waals surface area contributed by atoms with Crippen LogP contribution in [0.2, 0.25) is 0 Å². The lowest BCUT2D eigenvalue weighted by molar-refractivity contribution is 0.272. The summed E-state index contributed by atoms with van der Waals surface area (Å²) in [5.74, 6) is 0. The third kappa shape index (κ3) is 2.06. The molecule has 1 unspecified atom stereocenters. The van der Waals surface area contributed by atoms with E-state index < -0.39 is 10.0 Å². The van der Waals surface area contributed by atoms with Gasteiger partial charge >= 0.3 is 0 Å². The van der Waals surface area contributed by atoms with E-state index >= 15 is 0 Å². The van der Waals surface area contributed by atoms with Gasteiger partial charge in [0.15, 0.2) is 0 Å². The molecule has 1 aromatic heterocycles. The average molecular weight is 273 g/mol. The zero-order valence-electron chi connectivity index (χ0n) is 10.7. The predicted molar refractivity (Wildman–Crippen MR) is 66.5 cm³/mol. The number of hydrogen-bond donors (Lipinski definition) is 2. The Bertz CT molecular complexity index is 524. The number of aliphatic hydroxyl groups is 1. The van der Waals surface area contributed by atoms with Crippen LogP contribution in [0.3, 0.4) is 0 Å². The molecule has 7 heteroatoms. The van der Waals surface area contributed by atoms with Gasteiger partial charge in [0, 0.05) is 12.6 Å². The number of rotatable bonds is 4. The average Bonchev–Trinajstić information content (AvgIpc) is 2.94. The molecule has 0 saturated carbocycles. The third-order valence-electron chi connectivity index (χ3n) is 3.47. The maximum absolute atomic E-state index is 12.6. The fourth-order valence-electron chi connectivity index (χ4n) is 2.57. The van der Waals surface area contributed by atoms with E-state index in [0.717, 1.165) is 19.3 Å². The Balaban J connectivity index is 2.45. The first kappa shape index (κ1) is 13.5. The van der Waals surface area contributed by atoms with E-state index in [9.17, 15) is 13.5 Å². The normalized spacial score (nSPS) is 21.6. The topological polar surface area (TPSA) is 86.3 Å². The van der Waals surface area contributed by atoms with Crippen molar-refractivity contribution in [3.05, 3.63) is 11.4 Å². The zero-order chi connectivity index (χ0) is 13.3. The lowest BCUT2D eigenvalue weighted by atomic mass is 10.2. The number of H-pyrrole nitrogens is 1. The van der Waals surface area contributed by atoms with E-state index in [1.807, 2.05) is 6.92 Å². The molecule has 2 heterocycles. The van der Waals surface area contributed by atoms with Crippen molar-refractivity contribution in [3.8, 4) is 0 Å². The highest BCUT2D eigenvalue weighted by molar-refractivity contribution is 7.89. The van der Waals surface area contributed by atoms with E-state index in [4.69, 9.17) is 0 Å². The summed E-state index contributed by atoms with van der Waals surface area (Å²) in [6, 6.07) is 0.0656. The van der Waals surface area contributed by atoms with Gasteiger partial charge in [-0.3, -0.25) is 5.10 Å². The maximum Gasteiger partial charge on any atom is 0.247 e. The van der Waals surface area contributed by atoms with Gasteiger partial charge in [-0.1, -0.05) is 6.92 Å². The Morgan fingerprint density at radius 2 is 2.28 bits per heavy atom. The molecule has 1 aromatic rings. The first-order valence-corrected chi connectivity index (χ1v) is 7.63. The monoisotopic (exact) mass is 273 g/mol. The molecule has 6 nitrogen and oxygen atoms in total. The summed E-state index contributed by atoms with van der Waals surface area (Å²) in [6.07, 6.45) is 2.61. The van der Waals surface area contributed by atoms with Crippen molar-refractivity contribution in [1.82, 2.24) is 14.5 Å². The number of aliphatic hydroxyl groups excluding tert-OH is 1. The van der Waals surface area contributed by atoms with E-state index in [1.165, 1.54) is 0 Å². The molecule has 2 rings (SSSR count). The van der Waals surface area contributed by atoms with Crippen LogP contribution >= 0.6 is 0 Å². The van der Waals surface area contributed by atoms with Gasteiger partial charge in [-0.05, 0) is 26.2 Å². The molecule has 0 radical (unpaired) electrons. The highest BCUT2D eigenvalue weighted by atomic mass is 32.2. The smallest absolute Gasteiger partial charge is 0.247 e.